The fraction of sp³-hybridized carbons (Fsp3) is 0.368. The summed E-state index contributed by atoms with van der Waals surface area (Å²) >= 11 is 0. The zero-order chi connectivity index (χ0) is 19.2. The summed E-state index contributed by atoms with van der Waals surface area (Å²) in [4.78, 5) is 20.0. The van der Waals surface area contributed by atoms with Gasteiger partial charge in [-0.25, -0.2) is 0 Å². The van der Waals surface area contributed by atoms with Crippen LogP contribution in [0, 0.1) is 0 Å². The van der Waals surface area contributed by atoms with Crippen LogP contribution in [0.4, 0.5) is 5.69 Å². The third kappa shape index (κ3) is 4.52. The lowest BCUT2D eigenvalue weighted by molar-refractivity contribution is 0.0972. The number of furan rings is 1. The van der Waals surface area contributed by atoms with E-state index in [0.29, 0.717) is 12.3 Å². The maximum atomic E-state index is 11.1. The minimum atomic E-state index is -0.570. The van der Waals surface area contributed by atoms with E-state index in [1.54, 1.807) is 26.3 Å². The third-order valence-corrected chi connectivity index (χ3v) is 4.53. The molecule has 0 atom stereocenters. The Bertz CT molecular complexity index is 809. The molecule has 1 saturated heterocycles. The van der Waals surface area contributed by atoms with Gasteiger partial charge in [0, 0.05) is 45.0 Å². The summed E-state index contributed by atoms with van der Waals surface area (Å²) in [5, 5.41) is 3.27. The van der Waals surface area contributed by atoms with Gasteiger partial charge in [0.15, 0.2) is 11.7 Å². The molecule has 2 heterocycles. The summed E-state index contributed by atoms with van der Waals surface area (Å²) in [5.74, 6) is 1.89. The van der Waals surface area contributed by atoms with Crippen molar-refractivity contribution < 1.29 is 13.9 Å². The number of guanidine groups is 1. The second kappa shape index (κ2) is 8.48. The molecule has 0 saturated carbocycles. The molecule has 1 aromatic carbocycles. The Morgan fingerprint density at radius 2 is 2.04 bits per heavy atom. The van der Waals surface area contributed by atoms with E-state index in [4.69, 9.17) is 14.9 Å². The number of primary amides is 1. The van der Waals surface area contributed by atoms with Crippen LogP contribution in [0.1, 0.15) is 16.3 Å². The number of carbonyl (C=O) groups excluding carboxylic acids is 1. The highest BCUT2D eigenvalue weighted by molar-refractivity contribution is 5.89. The molecule has 144 valence electrons. The van der Waals surface area contributed by atoms with Crippen LogP contribution in [0.25, 0.3) is 0 Å². The van der Waals surface area contributed by atoms with Crippen LogP contribution in [-0.4, -0.2) is 57.1 Å². The number of hydrogen-bond donors (Lipinski definition) is 2. The molecule has 1 aromatic heterocycles. The molecular weight excluding hydrogens is 346 g/mol. The zero-order valence-electron chi connectivity index (χ0n) is 15.6. The number of aliphatic imine (C=N–C) groups is 1. The first kappa shape index (κ1) is 18.6. The molecule has 0 aliphatic carbocycles. The lowest BCUT2D eigenvalue weighted by atomic mass is 10.2. The highest BCUT2D eigenvalue weighted by Crippen LogP contribution is 2.22. The molecule has 2 aromatic rings. The summed E-state index contributed by atoms with van der Waals surface area (Å²) in [6, 6.07) is 11.4. The van der Waals surface area contributed by atoms with Gasteiger partial charge >= 0.3 is 0 Å². The van der Waals surface area contributed by atoms with E-state index in [1.807, 2.05) is 12.1 Å². The van der Waals surface area contributed by atoms with Gasteiger partial charge in [0.2, 0.25) is 0 Å². The fourth-order valence-corrected chi connectivity index (χ4v) is 3.09. The molecule has 1 aliphatic heterocycles. The molecule has 0 unspecified atom stereocenters. The Hall–Kier alpha value is -3.16. The van der Waals surface area contributed by atoms with E-state index in [9.17, 15) is 4.79 Å². The maximum absolute atomic E-state index is 11.1. The number of ether oxygens (including phenoxy) is 1. The molecule has 8 heteroatoms. The summed E-state index contributed by atoms with van der Waals surface area (Å²) < 4.78 is 10.7. The van der Waals surface area contributed by atoms with Gasteiger partial charge in [-0.05, 0) is 24.3 Å². The number of nitrogens with one attached hydrogen (secondary N) is 1. The fourth-order valence-electron chi connectivity index (χ4n) is 3.09. The SMILES string of the molecule is CN=C(NCc1ccc(C(N)=O)o1)N1CCN(c2cccc(OC)c2)CC1. The van der Waals surface area contributed by atoms with Crippen molar-refractivity contribution in [2.75, 3.05) is 45.2 Å². The first-order valence-corrected chi connectivity index (χ1v) is 8.84. The van der Waals surface area contributed by atoms with E-state index in [1.165, 1.54) is 0 Å². The molecule has 0 spiro atoms. The van der Waals surface area contributed by atoms with E-state index in [-0.39, 0.29) is 5.76 Å². The molecule has 27 heavy (non-hydrogen) atoms. The first-order chi connectivity index (χ1) is 13.1. The van der Waals surface area contributed by atoms with Crippen molar-refractivity contribution in [2.24, 2.45) is 10.7 Å². The average Bonchev–Trinajstić information content (AvgIpc) is 3.18. The summed E-state index contributed by atoms with van der Waals surface area (Å²) in [5.41, 5.74) is 6.37. The second-order valence-corrected chi connectivity index (χ2v) is 6.21. The molecular formula is C19H25N5O3. The van der Waals surface area contributed by atoms with Crippen molar-refractivity contribution >= 4 is 17.6 Å². The number of nitrogens with zero attached hydrogens (tertiary/aromatic N) is 3. The second-order valence-electron chi connectivity index (χ2n) is 6.21. The predicted octanol–water partition coefficient (Wildman–Crippen LogP) is 1.28. The van der Waals surface area contributed by atoms with Crippen molar-refractivity contribution in [2.45, 2.75) is 6.54 Å². The lowest BCUT2D eigenvalue weighted by Crippen LogP contribution is -2.52. The smallest absolute Gasteiger partial charge is 0.284 e. The van der Waals surface area contributed by atoms with Crippen LogP contribution in [0.2, 0.25) is 0 Å². The molecule has 0 radical (unpaired) electrons. The zero-order valence-corrected chi connectivity index (χ0v) is 15.6. The van der Waals surface area contributed by atoms with Crippen molar-refractivity contribution in [3.05, 3.63) is 47.9 Å². The number of hydrogen-bond acceptors (Lipinski definition) is 5. The van der Waals surface area contributed by atoms with Crippen molar-refractivity contribution in [3.8, 4) is 5.75 Å². The van der Waals surface area contributed by atoms with Crippen molar-refractivity contribution in [1.29, 1.82) is 0 Å². The Morgan fingerprint density at radius 1 is 1.26 bits per heavy atom. The molecule has 1 amide bonds. The largest absolute Gasteiger partial charge is 0.497 e. The number of piperazine rings is 1. The number of benzene rings is 1. The molecule has 1 aliphatic rings. The van der Waals surface area contributed by atoms with Crippen molar-refractivity contribution in [1.82, 2.24) is 10.2 Å². The van der Waals surface area contributed by atoms with Gasteiger partial charge in [-0.3, -0.25) is 9.79 Å². The van der Waals surface area contributed by atoms with E-state index >= 15 is 0 Å². The van der Waals surface area contributed by atoms with Crippen LogP contribution in [0.15, 0.2) is 45.8 Å². The number of anilines is 1. The third-order valence-electron chi connectivity index (χ3n) is 4.53. The van der Waals surface area contributed by atoms with Crippen molar-refractivity contribution in [3.63, 3.8) is 0 Å². The number of amides is 1. The minimum Gasteiger partial charge on any atom is -0.497 e. The summed E-state index contributed by atoms with van der Waals surface area (Å²) in [6.45, 7) is 3.92. The molecule has 8 nitrogen and oxygen atoms in total. The van der Waals surface area contributed by atoms with Crippen LogP contribution in [0.3, 0.4) is 0 Å². The monoisotopic (exact) mass is 371 g/mol. The van der Waals surface area contributed by atoms with E-state index in [2.05, 4.69) is 32.2 Å². The predicted molar refractivity (Wildman–Crippen MR) is 104 cm³/mol. The van der Waals surface area contributed by atoms with Gasteiger partial charge in [-0.2, -0.15) is 0 Å². The molecule has 3 rings (SSSR count). The summed E-state index contributed by atoms with van der Waals surface area (Å²) in [6.07, 6.45) is 0. The van der Waals surface area contributed by atoms with Crippen LogP contribution in [0.5, 0.6) is 5.75 Å². The average molecular weight is 371 g/mol. The number of carbonyl (C=O) groups is 1. The normalized spacial score (nSPS) is 15.0. The highest BCUT2D eigenvalue weighted by atomic mass is 16.5. The van der Waals surface area contributed by atoms with E-state index < -0.39 is 5.91 Å². The Balaban J connectivity index is 1.54. The van der Waals surface area contributed by atoms with Gasteiger partial charge in [0.1, 0.15) is 11.5 Å². The first-order valence-electron chi connectivity index (χ1n) is 8.84. The topological polar surface area (TPSA) is 96.3 Å². The number of methoxy groups -OCH3 is 1. The number of rotatable bonds is 5. The molecule has 0 bridgehead atoms. The van der Waals surface area contributed by atoms with Gasteiger partial charge in [-0.1, -0.05) is 6.07 Å². The molecule has 3 N–H and O–H groups in total. The Labute approximate surface area is 158 Å². The van der Waals surface area contributed by atoms with Crippen LogP contribution >= 0.6 is 0 Å². The quantitative estimate of drug-likeness (QED) is 0.607. The maximum Gasteiger partial charge on any atom is 0.284 e. The number of nitrogens with two attached hydrogens (primary N) is 1. The highest BCUT2D eigenvalue weighted by Gasteiger charge is 2.20. The minimum absolute atomic E-state index is 0.161. The Kier molecular flexibility index (Phi) is 5.85. The van der Waals surface area contributed by atoms with E-state index in [0.717, 1.165) is 43.6 Å². The van der Waals surface area contributed by atoms with Crippen LogP contribution < -0.4 is 20.7 Å². The Morgan fingerprint density at radius 3 is 2.67 bits per heavy atom. The lowest BCUT2D eigenvalue weighted by Gasteiger charge is -2.37. The van der Waals surface area contributed by atoms with Gasteiger partial charge in [0.25, 0.3) is 5.91 Å². The standard InChI is InChI=1S/C19H25N5O3/c1-21-19(22-13-16-6-7-17(27-16)18(20)25)24-10-8-23(9-11-24)14-4-3-5-15(12-14)26-2/h3-7,12H,8-11,13H2,1-2H3,(H2,20,25)(H,21,22). The molecule has 1 fully saturated rings. The van der Waals surface area contributed by atoms with Gasteiger partial charge in [-0.15, -0.1) is 0 Å². The van der Waals surface area contributed by atoms with Crippen LogP contribution in [-0.2, 0) is 6.54 Å². The van der Waals surface area contributed by atoms with Gasteiger partial charge < -0.3 is 30.0 Å². The van der Waals surface area contributed by atoms with Gasteiger partial charge in [0.05, 0.1) is 13.7 Å². The summed E-state index contributed by atoms with van der Waals surface area (Å²) in [7, 11) is 3.44.